The fourth-order valence-electron chi connectivity index (χ4n) is 2.54. The van der Waals surface area contributed by atoms with E-state index >= 15 is 0 Å². The molecular weight excluding hydrogens is 432 g/mol. The minimum atomic E-state index is 0.112. The lowest BCUT2D eigenvalue weighted by Gasteiger charge is -2.03. The highest BCUT2D eigenvalue weighted by molar-refractivity contribution is 9.10. The van der Waals surface area contributed by atoms with Gasteiger partial charge < -0.3 is 5.11 Å². The summed E-state index contributed by atoms with van der Waals surface area (Å²) in [5, 5.41) is 11.6. The van der Waals surface area contributed by atoms with Gasteiger partial charge in [0, 0.05) is 22.4 Å². The van der Waals surface area contributed by atoms with Gasteiger partial charge in [-0.3, -0.25) is 4.99 Å². The third-order valence-corrected chi connectivity index (χ3v) is 5.71. The molecule has 0 aliphatic heterocycles. The predicted octanol–water partition coefficient (Wildman–Crippen LogP) is 6.84. The quantitative estimate of drug-likeness (QED) is 0.352. The molecule has 0 amide bonds. The summed E-state index contributed by atoms with van der Waals surface area (Å²) < 4.78 is 1.69. The van der Waals surface area contributed by atoms with Gasteiger partial charge in [0.25, 0.3) is 0 Å². The van der Waals surface area contributed by atoms with Crippen molar-refractivity contribution in [3.05, 3.63) is 75.7 Å². The highest BCUT2D eigenvalue weighted by atomic mass is 79.9. The summed E-state index contributed by atoms with van der Waals surface area (Å²) in [6.45, 7) is 0. The molecule has 128 valence electrons. The SMILES string of the molecule is Oc1c(Br)cc(Cl)cc1C=Nc1cccc(-c2nc3ccccc3s2)c1. The van der Waals surface area contributed by atoms with E-state index < -0.39 is 0 Å². The van der Waals surface area contributed by atoms with E-state index in [4.69, 9.17) is 11.6 Å². The second-order valence-corrected chi connectivity index (χ2v) is 7.94. The molecule has 0 radical (unpaired) electrons. The molecule has 0 spiro atoms. The van der Waals surface area contributed by atoms with Crippen LogP contribution in [0.1, 0.15) is 5.56 Å². The molecule has 3 nitrogen and oxygen atoms in total. The van der Waals surface area contributed by atoms with Gasteiger partial charge in [-0.05, 0) is 52.3 Å². The molecule has 4 rings (SSSR count). The van der Waals surface area contributed by atoms with E-state index in [0.29, 0.717) is 15.1 Å². The van der Waals surface area contributed by atoms with Crippen LogP contribution >= 0.6 is 38.9 Å². The number of fused-ring (bicyclic) bond motifs is 1. The average molecular weight is 444 g/mol. The zero-order chi connectivity index (χ0) is 18.1. The van der Waals surface area contributed by atoms with Crippen molar-refractivity contribution in [2.45, 2.75) is 0 Å². The van der Waals surface area contributed by atoms with Crippen molar-refractivity contribution in [1.82, 2.24) is 4.98 Å². The molecule has 4 aromatic rings. The number of aromatic nitrogens is 1. The number of phenolic OH excluding ortho intramolecular Hbond substituents is 1. The summed E-state index contributed by atoms with van der Waals surface area (Å²) in [6.07, 6.45) is 1.60. The number of thiazole rings is 1. The van der Waals surface area contributed by atoms with Crippen molar-refractivity contribution in [3.63, 3.8) is 0 Å². The summed E-state index contributed by atoms with van der Waals surface area (Å²) in [5.74, 6) is 0.112. The van der Waals surface area contributed by atoms with Crippen molar-refractivity contribution < 1.29 is 5.11 Å². The molecule has 0 saturated carbocycles. The van der Waals surface area contributed by atoms with Crippen LogP contribution in [0.15, 0.2) is 70.1 Å². The number of halogens is 2. The Morgan fingerprint density at radius 2 is 1.92 bits per heavy atom. The Morgan fingerprint density at radius 3 is 2.77 bits per heavy atom. The second-order valence-electron chi connectivity index (χ2n) is 5.62. The number of aromatic hydroxyl groups is 1. The third kappa shape index (κ3) is 3.51. The smallest absolute Gasteiger partial charge is 0.138 e. The number of benzene rings is 3. The molecular formula is C20H12BrClN2OS. The molecule has 3 aromatic carbocycles. The molecule has 0 fully saturated rings. The van der Waals surface area contributed by atoms with Crippen molar-refractivity contribution in [3.8, 4) is 16.3 Å². The van der Waals surface area contributed by atoms with E-state index in [9.17, 15) is 5.11 Å². The largest absolute Gasteiger partial charge is 0.506 e. The maximum atomic E-state index is 10.1. The summed E-state index contributed by atoms with van der Waals surface area (Å²) >= 11 is 11.0. The molecule has 1 N–H and O–H groups in total. The van der Waals surface area contributed by atoms with Gasteiger partial charge in [0.1, 0.15) is 10.8 Å². The predicted molar refractivity (Wildman–Crippen MR) is 113 cm³/mol. The fourth-order valence-corrected chi connectivity index (χ4v) is 4.34. The third-order valence-electron chi connectivity index (χ3n) is 3.80. The van der Waals surface area contributed by atoms with E-state index in [2.05, 4.69) is 32.0 Å². The van der Waals surface area contributed by atoms with Crippen LogP contribution in [0, 0.1) is 0 Å². The maximum absolute atomic E-state index is 10.1. The van der Waals surface area contributed by atoms with E-state index in [1.165, 1.54) is 0 Å². The van der Waals surface area contributed by atoms with Gasteiger partial charge in [-0.1, -0.05) is 35.9 Å². The number of aliphatic imine (C=N–C) groups is 1. The number of para-hydroxylation sites is 1. The van der Waals surface area contributed by atoms with Gasteiger partial charge in [-0.25, -0.2) is 4.98 Å². The first-order valence-electron chi connectivity index (χ1n) is 7.78. The van der Waals surface area contributed by atoms with Gasteiger partial charge in [-0.15, -0.1) is 11.3 Å². The van der Waals surface area contributed by atoms with E-state index in [1.54, 1.807) is 29.7 Å². The molecule has 6 heteroatoms. The second kappa shape index (κ2) is 7.19. The molecule has 0 bridgehead atoms. The van der Waals surface area contributed by atoms with Crippen molar-refractivity contribution in [1.29, 1.82) is 0 Å². The van der Waals surface area contributed by atoms with Crippen molar-refractivity contribution in [2.24, 2.45) is 4.99 Å². The molecule has 0 aliphatic carbocycles. The highest BCUT2D eigenvalue weighted by Crippen LogP contribution is 2.33. The molecule has 0 unspecified atom stereocenters. The number of nitrogens with zero attached hydrogens (tertiary/aromatic N) is 2. The molecule has 0 atom stereocenters. The molecule has 0 aliphatic rings. The number of phenols is 1. The van der Waals surface area contributed by atoms with Gasteiger partial charge in [0.15, 0.2) is 0 Å². The van der Waals surface area contributed by atoms with Gasteiger partial charge in [-0.2, -0.15) is 0 Å². The number of rotatable bonds is 3. The average Bonchev–Trinajstić information content (AvgIpc) is 3.08. The van der Waals surface area contributed by atoms with E-state index in [0.717, 1.165) is 26.5 Å². The first-order valence-corrected chi connectivity index (χ1v) is 9.77. The molecule has 0 saturated heterocycles. The van der Waals surface area contributed by atoms with Gasteiger partial charge in [0.2, 0.25) is 0 Å². The topological polar surface area (TPSA) is 45.5 Å². The zero-order valence-corrected chi connectivity index (χ0v) is 16.5. The Labute approximate surface area is 167 Å². The zero-order valence-electron chi connectivity index (χ0n) is 13.4. The minimum Gasteiger partial charge on any atom is -0.506 e. The molecule has 26 heavy (non-hydrogen) atoms. The molecule has 1 heterocycles. The fraction of sp³-hybridized carbons (Fsp3) is 0. The van der Waals surface area contributed by atoms with Crippen LogP contribution in [0.25, 0.3) is 20.8 Å². The molecule has 1 aromatic heterocycles. The summed E-state index contributed by atoms with van der Waals surface area (Å²) in [6, 6.07) is 19.2. The Morgan fingerprint density at radius 1 is 1.08 bits per heavy atom. The van der Waals surface area contributed by atoms with Crippen LogP contribution in [0.2, 0.25) is 5.02 Å². The van der Waals surface area contributed by atoms with Crippen LogP contribution < -0.4 is 0 Å². The summed E-state index contributed by atoms with van der Waals surface area (Å²) in [4.78, 5) is 9.15. The lowest BCUT2D eigenvalue weighted by atomic mass is 10.2. The normalized spacial score (nSPS) is 11.5. The van der Waals surface area contributed by atoms with Crippen LogP contribution in [-0.2, 0) is 0 Å². The Balaban J connectivity index is 1.68. The first kappa shape index (κ1) is 17.2. The maximum Gasteiger partial charge on any atom is 0.138 e. The first-order chi connectivity index (χ1) is 12.6. The minimum absolute atomic E-state index is 0.112. The monoisotopic (exact) mass is 442 g/mol. The van der Waals surface area contributed by atoms with Crippen LogP contribution in [0.3, 0.4) is 0 Å². The van der Waals surface area contributed by atoms with Crippen LogP contribution in [0.4, 0.5) is 5.69 Å². The highest BCUT2D eigenvalue weighted by Gasteiger charge is 2.07. The van der Waals surface area contributed by atoms with E-state index in [1.807, 2.05) is 42.5 Å². The summed E-state index contributed by atoms with van der Waals surface area (Å²) in [7, 11) is 0. The van der Waals surface area contributed by atoms with Crippen LogP contribution in [-0.4, -0.2) is 16.3 Å². The van der Waals surface area contributed by atoms with Crippen LogP contribution in [0.5, 0.6) is 5.75 Å². The van der Waals surface area contributed by atoms with E-state index in [-0.39, 0.29) is 5.75 Å². The standard InChI is InChI=1S/C20H12BrClN2OS/c21-16-10-14(22)8-13(19(16)25)11-23-15-5-3-4-12(9-15)20-24-17-6-1-2-7-18(17)26-20/h1-11,25H. The number of hydrogen-bond donors (Lipinski definition) is 1. The lowest BCUT2D eigenvalue weighted by molar-refractivity contribution is 0.471. The van der Waals surface area contributed by atoms with Crippen molar-refractivity contribution >= 4 is 61.0 Å². The lowest BCUT2D eigenvalue weighted by Crippen LogP contribution is -1.84. The van der Waals surface area contributed by atoms with Crippen molar-refractivity contribution in [2.75, 3.05) is 0 Å². The Bertz CT molecular complexity index is 1110. The van der Waals surface area contributed by atoms with Gasteiger partial charge >= 0.3 is 0 Å². The number of hydrogen-bond acceptors (Lipinski definition) is 4. The van der Waals surface area contributed by atoms with Gasteiger partial charge in [0.05, 0.1) is 20.4 Å². The summed E-state index contributed by atoms with van der Waals surface area (Å²) in [5.41, 5.74) is 3.33. The Kier molecular flexibility index (Phi) is 4.76. The Hall–Kier alpha value is -2.21.